The minimum absolute atomic E-state index is 0.0111. The zero-order chi connectivity index (χ0) is 28.1. The van der Waals surface area contributed by atoms with E-state index in [4.69, 9.17) is 11.6 Å². The summed E-state index contributed by atoms with van der Waals surface area (Å²) in [5.74, 6) is -3.81. The number of anilines is 1. The predicted molar refractivity (Wildman–Crippen MR) is 138 cm³/mol. The Morgan fingerprint density at radius 2 is 1.77 bits per heavy atom. The molecule has 2 aliphatic carbocycles. The summed E-state index contributed by atoms with van der Waals surface area (Å²) in [5.41, 5.74) is -2.60. The van der Waals surface area contributed by atoms with Crippen LogP contribution in [0.5, 0.6) is 0 Å². The molecule has 0 saturated heterocycles. The number of rotatable bonds is 6. The number of aromatic amines is 1. The summed E-state index contributed by atoms with van der Waals surface area (Å²) in [4.78, 5) is 38.2. The number of nitrogens with zero attached hydrogens (tertiary/aromatic N) is 1. The highest BCUT2D eigenvalue weighted by Gasteiger charge is 2.56. The number of H-pyrrole nitrogens is 1. The molecule has 0 aliphatic heterocycles. The number of hydrogen-bond donors (Lipinski definition) is 3. The van der Waals surface area contributed by atoms with Crippen molar-refractivity contribution in [2.75, 3.05) is 5.32 Å². The summed E-state index contributed by atoms with van der Waals surface area (Å²) < 4.78 is 55.4. The zero-order valence-electron chi connectivity index (χ0n) is 20.4. The summed E-state index contributed by atoms with van der Waals surface area (Å²) in [5, 5.41) is 13.0. The van der Waals surface area contributed by atoms with Crippen LogP contribution in [0.25, 0.3) is 0 Å². The van der Waals surface area contributed by atoms with Crippen LogP contribution in [-0.4, -0.2) is 39.8 Å². The van der Waals surface area contributed by atoms with E-state index in [-0.39, 0.29) is 40.6 Å². The van der Waals surface area contributed by atoms with Gasteiger partial charge in [0.05, 0.1) is 27.3 Å². The van der Waals surface area contributed by atoms with Gasteiger partial charge in [-0.15, -0.1) is 0 Å². The minimum Gasteiger partial charge on any atom is -0.387 e. The maximum Gasteiger partial charge on any atom is 0.328 e. The molecule has 2 unspecified atom stereocenters. The molecule has 39 heavy (non-hydrogen) atoms. The van der Waals surface area contributed by atoms with Gasteiger partial charge in [-0.25, -0.2) is 22.0 Å². The lowest BCUT2D eigenvalue weighted by molar-refractivity contribution is -0.0722. The van der Waals surface area contributed by atoms with Crippen molar-refractivity contribution in [2.45, 2.75) is 48.0 Å². The van der Waals surface area contributed by atoms with E-state index in [1.165, 1.54) is 35.0 Å². The summed E-state index contributed by atoms with van der Waals surface area (Å²) in [6.07, 6.45) is 2.67. The average molecular weight is 580 g/mol. The first-order valence-corrected chi connectivity index (χ1v) is 14.1. The van der Waals surface area contributed by atoms with E-state index in [1.54, 1.807) is 0 Å². The third-order valence-electron chi connectivity index (χ3n) is 7.81. The molecule has 2 atom stereocenters. The van der Waals surface area contributed by atoms with Crippen molar-refractivity contribution in [1.82, 2.24) is 9.55 Å². The molecule has 5 rings (SSSR count). The van der Waals surface area contributed by atoms with Gasteiger partial charge in [-0.05, 0) is 67.9 Å². The molecule has 9 nitrogen and oxygen atoms in total. The lowest BCUT2D eigenvalue weighted by atomic mass is 9.74. The Morgan fingerprint density at radius 3 is 2.41 bits per heavy atom. The Hall–Kier alpha value is -3.35. The van der Waals surface area contributed by atoms with E-state index in [0.29, 0.717) is 12.8 Å². The molecular weight excluding hydrogens is 556 g/mol. The number of hydrogen-bond acceptors (Lipinski definition) is 6. The van der Waals surface area contributed by atoms with Crippen LogP contribution in [0.2, 0.25) is 5.02 Å². The van der Waals surface area contributed by atoms with Crippen molar-refractivity contribution < 1.29 is 27.1 Å². The molecule has 1 amide bonds. The van der Waals surface area contributed by atoms with Crippen LogP contribution in [-0.2, 0) is 16.4 Å². The summed E-state index contributed by atoms with van der Waals surface area (Å²) in [7, 11) is -4.05. The van der Waals surface area contributed by atoms with Crippen LogP contribution < -0.4 is 16.6 Å². The number of carbonyl (C=O) groups excluding carboxylic acids is 1. The van der Waals surface area contributed by atoms with E-state index >= 15 is 0 Å². The normalized spacial score (nSPS) is 24.5. The van der Waals surface area contributed by atoms with E-state index in [9.17, 15) is 36.7 Å². The maximum absolute atomic E-state index is 13.7. The van der Waals surface area contributed by atoms with Crippen LogP contribution in [0, 0.1) is 23.5 Å². The number of nitrogens with one attached hydrogen (secondary N) is 2. The van der Waals surface area contributed by atoms with E-state index in [0.717, 1.165) is 18.2 Å². The standard InChI is InChI=1S/C26H24ClF2N3O6S/c27-19-5-1-14(24(34)30-17-4-6-20(28)21(29)12-17)9-22(19)39(37,38)18-10-15-2-3-16(11-18)26(15,36)13-32-8-7-23(33)31-25(32)35/h1,4-9,12,15-16,18,36H,2-3,10-11,13H2,(H,30,34)(H,31,33,35). The molecule has 206 valence electrons. The number of sulfone groups is 1. The van der Waals surface area contributed by atoms with Crippen molar-refractivity contribution in [3.05, 3.63) is 91.7 Å². The third kappa shape index (κ3) is 5.04. The molecule has 2 saturated carbocycles. The fourth-order valence-corrected chi connectivity index (χ4v) is 8.18. The number of carbonyl (C=O) groups is 1. The smallest absolute Gasteiger partial charge is 0.328 e. The van der Waals surface area contributed by atoms with Gasteiger partial charge >= 0.3 is 5.69 Å². The Kier molecular flexibility index (Phi) is 6.98. The quantitative estimate of drug-likeness (QED) is 0.410. The minimum atomic E-state index is -4.05. The molecule has 13 heteroatoms. The average Bonchev–Trinajstić information content (AvgIpc) is 3.04. The van der Waals surface area contributed by atoms with Gasteiger partial charge < -0.3 is 10.4 Å². The van der Waals surface area contributed by atoms with Crippen molar-refractivity contribution in [3.8, 4) is 0 Å². The van der Waals surface area contributed by atoms with Crippen molar-refractivity contribution in [1.29, 1.82) is 0 Å². The second kappa shape index (κ2) is 10.00. The highest BCUT2D eigenvalue weighted by atomic mass is 35.5. The SMILES string of the molecule is O=C(Nc1ccc(F)c(F)c1)c1ccc(Cl)c(S(=O)(=O)C2CC3CCC(C2)C3(O)Cn2ccc(=O)[nH]c2=O)c1. The Labute approximate surface area is 226 Å². The Balaban J connectivity index is 1.38. The van der Waals surface area contributed by atoms with Crippen LogP contribution in [0.15, 0.2) is 63.1 Å². The highest BCUT2D eigenvalue weighted by Crippen LogP contribution is 2.52. The number of halogens is 3. The van der Waals surface area contributed by atoms with Gasteiger partial charge in [-0.1, -0.05) is 11.6 Å². The van der Waals surface area contributed by atoms with Gasteiger partial charge in [0.2, 0.25) is 0 Å². The van der Waals surface area contributed by atoms with Crippen molar-refractivity contribution in [2.24, 2.45) is 11.8 Å². The van der Waals surface area contributed by atoms with Crippen LogP contribution >= 0.6 is 11.6 Å². The van der Waals surface area contributed by atoms with Gasteiger partial charge in [-0.2, -0.15) is 0 Å². The van der Waals surface area contributed by atoms with E-state index in [2.05, 4.69) is 10.3 Å². The lowest BCUT2D eigenvalue weighted by Gasteiger charge is -2.42. The first-order valence-electron chi connectivity index (χ1n) is 12.2. The molecule has 2 aliphatic rings. The van der Waals surface area contributed by atoms with E-state index in [1.807, 2.05) is 0 Å². The largest absolute Gasteiger partial charge is 0.387 e. The lowest BCUT2D eigenvalue weighted by Crippen LogP contribution is -2.52. The third-order valence-corrected chi connectivity index (χ3v) is 10.5. The topological polar surface area (TPSA) is 138 Å². The molecule has 2 fully saturated rings. The van der Waals surface area contributed by atoms with Crippen molar-refractivity contribution in [3.63, 3.8) is 0 Å². The van der Waals surface area contributed by atoms with Gasteiger partial charge in [0.1, 0.15) is 0 Å². The first-order chi connectivity index (χ1) is 18.4. The van der Waals surface area contributed by atoms with Gasteiger partial charge in [0.25, 0.3) is 11.5 Å². The second-order valence-corrected chi connectivity index (χ2v) is 12.7. The van der Waals surface area contributed by atoms with Gasteiger partial charge in [0.15, 0.2) is 21.5 Å². The second-order valence-electron chi connectivity index (χ2n) is 10.1. The predicted octanol–water partition coefficient (Wildman–Crippen LogP) is 3.11. The molecule has 0 spiro atoms. The monoisotopic (exact) mass is 579 g/mol. The van der Waals surface area contributed by atoms with Crippen LogP contribution in [0.3, 0.4) is 0 Å². The van der Waals surface area contributed by atoms with Gasteiger partial charge in [0, 0.05) is 29.6 Å². The summed E-state index contributed by atoms with van der Waals surface area (Å²) >= 11 is 6.27. The summed E-state index contributed by atoms with van der Waals surface area (Å²) in [6, 6.07) is 7.77. The Bertz CT molecular complexity index is 1680. The zero-order valence-corrected chi connectivity index (χ0v) is 21.9. The molecular formula is C26H24ClF2N3O6S. The van der Waals surface area contributed by atoms with Gasteiger partial charge in [-0.3, -0.25) is 19.1 Å². The Morgan fingerprint density at radius 1 is 1.08 bits per heavy atom. The van der Waals surface area contributed by atoms with Crippen LogP contribution in [0.4, 0.5) is 14.5 Å². The van der Waals surface area contributed by atoms with Crippen LogP contribution in [0.1, 0.15) is 36.0 Å². The number of benzene rings is 2. The highest BCUT2D eigenvalue weighted by molar-refractivity contribution is 7.92. The molecule has 1 heterocycles. The first kappa shape index (κ1) is 27.2. The molecule has 3 aromatic rings. The number of aliphatic hydroxyl groups is 1. The number of aromatic nitrogens is 2. The molecule has 2 bridgehead atoms. The fraction of sp³-hybridized carbons (Fsp3) is 0.346. The van der Waals surface area contributed by atoms with Crippen molar-refractivity contribution >= 4 is 33.0 Å². The molecule has 1 aromatic heterocycles. The maximum atomic E-state index is 13.7. The number of amides is 1. The molecule has 2 aromatic carbocycles. The fourth-order valence-electron chi connectivity index (χ4n) is 5.78. The van der Waals surface area contributed by atoms with E-state index < -0.39 is 61.3 Å². The molecule has 3 N–H and O–H groups in total. The molecule has 0 radical (unpaired) electrons. The number of fused-ring (bicyclic) bond motifs is 2. The summed E-state index contributed by atoms with van der Waals surface area (Å²) in [6.45, 7) is -0.0783.